The van der Waals surface area contributed by atoms with Crippen LogP contribution in [0.1, 0.15) is 23.0 Å². The molecule has 3 heterocycles. The van der Waals surface area contributed by atoms with Crippen LogP contribution in [0.3, 0.4) is 0 Å². The molecule has 0 fully saturated rings. The van der Waals surface area contributed by atoms with Gasteiger partial charge in [-0.25, -0.2) is 9.97 Å². The van der Waals surface area contributed by atoms with Gasteiger partial charge in [-0.05, 0) is 20.8 Å². The summed E-state index contributed by atoms with van der Waals surface area (Å²) >= 11 is 0. The zero-order chi connectivity index (χ0) is 13.4. The Morgan fingerprint density at radius 3 is 2.84 bits per heavy atom. The van der Waals surface area contributed by atoms with Crippen LogP contribution in [-0.4, -0.2) is 24.6 Å². The number of aryl methyl sites for hydroxylation is 3. The average Bonchev–Trinajstić information content (AvgIpc) is 2.94. The second-order valence-electron chi connectivity index (χ2n) is 4.36. The first kappa shape index (κ1) is 11.6. The van der Waals surface area contributed by atoms with Crippen molar-refractivity contribution in [2.75, 3.05) is 5.32 Å². The summed E-state index contributed by atoms with van der Waals surface area (Å²) in [5.74, 6) is 2.88. The number of oxazole rings is 1. The van der Waals surface area contributed by atoms with Crippen LogP contribution < -0.4 is 5.32 Å². The van der Waals surface area contributed by atoms with E-state index < -0.39 is 0 Å². The van der Waals surface area contributed by atoms with Gasteiger partial charge in [-0.15, -0.1) is 0 Å². The first-order valence-corrected chi connectivity index (χ1v) is 5.97. The van der Waals surface area contributed by atoms with Crippen molar-refractivity contribution in [2.24, 2.45) is 0 Å². The Morgan fingerprint density at radius 2 is 2.11 bits per heavy atom. The number of nitrogens with one attached hydrogen (secondary N) is 1. The van der Waals surface area contributed by atoms with E-state index in [2.05, 4.69) is 25.4 Å². The number of aromatic nitrogens is 5. The lowest BCUT2D eigenvalue weighted by molar-refractivity contribution is 0.478. The zero-order valence-electron chi connectivity index (χ0n) is 11.0. The lowest BCUT2D eigenvalue weighted by atomic mass is 10.4. The summed E-state index contributed by atoms with van der Waals surface area (Å²) in [5, 5.41) is 7.36. The van der Waals surface area contributed by atoms with E-state index in [1.807, 2.05) is 26.8 Å². The van der Waals surface area contributed by atoms with Crippen LogP contribution in [0.5, 0.6) is 0 Å². The predicted molar refractivity (Wildman–Crippen MR) is 68.8 cm³/mol. The fourth-order valence-corrected chi connectivity index (χ4v) is 1.84. The van der Waals surface area contributed by atoms with Crippen LogP contribution in [0.25, 0.3) is 5.78 Å². The normalized spacial score (nSPS) is 11.1. The van der Waals surface area contributed by atoms with Gasteiger partial charge >= 0.3 is 0 Å². The fraction of sp³-hybridized carbons (Fsp3) is 0.333. The zero-order valence-corrected chi connectivity index (χ0v) is 11.0. The minimum Gasteiger partial charge on any atom is -0.444 e. The standard InChI is InChI=1S/C12H14N6O/c1-7-4-10(18-12(16-7)14-6-15-18)13-5-11-17-8(2)9(3)19-11/h4,6,13H,5H2,1-3H3. The van der Waals surface area contributed by atoms with Crippen molar-refractivity contribution >= 4 is 11.6 Å². The van der Waals surface area contributed by atoms with Crippen LogP contribution in [0.4, 0.5) is 5.82 Å². The summed E-state index contributed by atoms with van der Waals surface area (Å²) in [4.78, 5) is 12.7. The molecule has 3 rings (SSSR count). The molecular formula is C12H14N6O. The van der Waals surface area contributed by atoms with Gasteiger partial charge in [0.1, 0.15) is 17.9 Å². The number of rotatable bonds is 3. The number of nitrogens with zero attached hydrogens (tertiary/aromatic N) is 5. The van der Waals surface area contributed by atoms with E-state index in [4.69, 9.17) is 4.42 Å². The second kappa shape index (κ2) is 4.34. The average molecular weight is 258 g/mol. The molecule has 0 aliphatic heterocycles. The molecule has 0 aliphatic rings. The monoisotopic (exact) mass is 258 g/mol. The molecule has 0 bridgehead atoms. The highest BCUT2D eigenvalue weighted by Crippen LogP contribution is 2.13. The molecule has 0 saturated heterocycles. The maximum Gasteiger partial charge on any atom is 0.254 e. The highest BCUT2D eigenvalue weighted by Gasteiger charge is 2.08. The molecule has 0 amide bonds. The summed E-state index contributed by atoms with van der Waals surface area (Å²) in [5.41, 5.74) is 1.79. The number of fused-ring (bicyclic) bond motifs is 1. The maximum absolute atomic E-state index is 5.53. The molecule has 3 aromatic rings. The molecule has 7 nitrogen and oxygen atoms in total. The van der Waals surface area contributed by atoms with Gasteiger partial charge in [0.15, 0.2) is 0 Å². The molecule has 1 N–H and O–H groups in total. The summed E-state index contributed by atoms with van der Waals surface area (Å²) in [6.45, 7) is 6.24. The molecule has 0 radical (unpaired) electrons. The quantitative estimate of drug-likeness (QED) is 0.769. The molecule has 98 valence electrons. The van der Waals surface area contributed by atoms with E-state index in [0.29, 0.717) is 18.2 Å². The second-order valence-corrected chi connectivity index (χ2v) is 4.36. The Hall–Kier alpha value is -2.44. The van der Waals surface area contributed by atoms with Gasteiger partial charge in [0.05, 0.1) is 12.2 Å². The predicted octanol–water partition coefficient (Wildman–Crippen LogP) is 1.65. The topological polar surface area (TPSA) is 81.1 Å². The van der Waals surface area contributed by atoms with Crippen molar-refractivity contribution in [1.29, 1.82) is 0 Å². The first-order chi connectivity index (χ1) is 9.13. The summed E-state index contributed by atoms with van der Waals surface area (Å²) in [6.07, 6.45) is 1.48. The Bertz CT molecular complexity index is 709. The Balaban J connectivity index is 1.87. The van der Waals surface area contributed by atoms with E-state index in [1.165, 1.54) is 6.33 Å². The van der Waals surface area contributed by atoms with Gasteiger partial charge in [0.2, 0.25) is 5.89 Å². The first-order valence-electron chi connectivity index (χ1n) is 5.97. The van der Waals surface area contributed by atoms with Gasteiger partial charge in [-0.1, -0.05) is 0 Å². The Labute approximate surface area is 109 Å². The number of hydrogen-bond donors (Lipinski definition) is 1. The Kier molecular flexibility index (Phi) is 2.66. The van der Waals surface area contributed by atoms with Crippen molar-refractivity contribution < 1.29 is 4.42 Å². The third-order valence-electron chi connectivity index (χ3n) is 2.87. The number of hydrogen-bond acceptors (Lipinski definition) is 6. The molecular weight excluding hydrogens is 244 g/mol. The van der Waals surface area contributed by atoms with Crippen molar-refractivity contribution in [3.8, 4) is 0 Å². The van der Waals surface area contributed by atoms with Gasteiger partial charge in [0, 0.05) is 11.8 Å². The third-order valence-corrected chi connectivity index (χ3v) is 2.87. The lowest BCUT2D eigenvalue weighted by Crippen LogP contribution is -2.07. The molecule has 3 aromatic heterocycles. The molecule has 0 aliphatic carbocycles. The summed E-state index contributed by atoms with van der Waals surface area (Å²) in [6, 6.07) is 1.91. The van der Waals surface area contributed by atoms with Crippen molar-refractivity contribution in [3.63, 3.8) is 0 Å². The fourth-order valence-electron chi connectivity index (χ4n) is 1.84. The highest BCUT2D eigenvalue weighted by molar-refractivity contribution is 5.44. The van der Waals surface area contributed by atoms with Crippen LogP contribution >= 0.6 is 0 Å². The van der Waals surface area contributed by atoms with E-state index in [1.54, 1.807) is 4.52 Å². The van der Waals surface area contributed by atoms with E-state index in [0.717, 1.165) is 23.0 Å². The minimum absolute atomic E-state index is 0.493. The maximum atomic E-state index is 5.53. The summed E-state index contributed by atoms with van der Waals surface area (Å²) < 4.78 is 7.17. The van der Waals surface area contributed by atoms with E-state index in [-0.39, 0.29) is 0 Å². The van der Waals surface area contributed by atoms with E-state index >= 15 is 0 Å². The minimum atomic E-state index is 0.493. The third kappa shape index (κ3) is 2.14. The van der Waals surface area contributed by atoms with Crippen LogP contribution in [-0.2, 0) is 6.54 Å². The van der Waals surface area contributed by atoms with Gasteiger partial charge in [0.25, 0.3) is 5.78 Å². The molecule has 0 atom stereocenters. The molecule has 0 saturated carbocycles. The highest BCUT2D eigenvalue weighted by atomic mass is 16.4. The van der Waals surface area contributed by atoms with Crippen molar-refractivity contribution in [1.82, 2.24) is 24.6 Å². The van der Waals surface area contributed by atoms with Gasteiger partial charge in [-0.3, -0.25) is 0 Å². The number of anilines is 1. The smallest absolute Gasteiger partial charge is 0.254 e. The molecule has 7 heteroatoms. The van der Waals surface area contributed by atoms with Gasteiger partial charge in [-0.2, -0.15) is 14.6 Å². The molecule has 19 heavy (non-hydrogen) atoms. The van der Waals surface area contributed by atoms with Crippen LogP contribution in [0, 0.1) is 20.8 Å². The molecule has 0 unspecified atom stereocenters. The Morgan fingerprint density at radius 1 is 1.26 bits per heavy atom. The van der Waals surface area contributed by atoms with Gasteiger partial charge < -0.3 is 9.73 Å². The van der Waals surface area contributed by atoms with E-state index in [9.17, 15) is 0 Å². The largest absolute Gasteiger partial charge is 0.444 e. The van der Waals surface area contributed by atoms with Crippen molar-refractivity contribution in [3.05, 3.63) is 35.4 Å². The molecule has 0 spiro atoms. The lowest BCUT2D eigenvalue weighted by Gasteiger charge is -2.06. The summed E-state index contributed by atoms with van der Waals surface area (Å²) in [7, 11) is 0. The van der Waals surface area contributed by atoms with Crippen LogP contribution in [0.2, 0.25) is 0 Å². The van der Waals surface area contributed by atoms with Crippen LogP contribution in [0.15, 0.2) is 16.8 Å². The SMILES string of the molecule is Cc1cc(NCc2nc(C)c(C)o2)n2ncnc2n1. The van der Waals surface area contributed by atoms with Crippen molar-refractivity contribution in [2.45, 2.75) is 27.3 Å². The molecule has 0 aromatic carbocycles.